The molecular weight excluding hydrogens is 256 g/mol. The molecule has 0 spiro atoms. The number of fused-ring (bicyclic) bond motifs is 1. The van der Waals surface area contributed by atoms with E-state index in [0.29, 0.717) is 17.6 Å². The molecule has 4 N–H and O–H groups in total. The topological polar surface area (TPSA) is 99.0 Å². The standard InChI is InChI=1S/C12H20N8/c1-3-8-7-20(5-4-19(8)2)11-9-6-14-18-10(9)15-12(16-11)17-13/h6,8H,3-5,7,13H2,1-2H3,(H2,14,15,16,17,18). The van der Waals surface area contributed by atoms with Crippen molar-refractivity contribution in [3.63, 3.8) is 0 Å². The van der Waals surface area contributed by atoms with Gasteiger partial charge in [-0.15, -0.1) is 0 Å². The van der Waals surface area contributed by atoms with E-state index in [9.17, 15) is 0 Å². The Labute approximate surface area is 117 Å². The van der Waals surface area contributed by atoms with Crippen LogP contribution in [0.5, 0.6) is 0 Å². The summed E-state index contributed by atoms with van der Waals surface area (Å²) in [6, 6.07) is 0.537. The number of likely N-dealkylation sites (N-methyl/N-ethyl adjacent to an activating group) is 1. The van der Waals surface area contributed by atoms with Gasteiger partial charge in [-0.05, 0) is 13.5 Å². The van der Waals surface area contributed by atoms with Crippen molar-refractivity contribution in [2.24, 2.45) is 5.84 Å². The molecule has 1 fully saturated rings. The Bertz CT molecular complexity index is 594. The number of piperazine rings is 1. The summed E-state index contributed by atoms with van der Waals surface area (Å²) in [7, 11) is 2.17. The normalized spacial score (nSPS) is 20.6. The summed E-state index contributed by atoms with van der Waals surface area (Å²) in [6.07, 6.45) is 2.89. The third-order valence-corrected chi connectivity index (χ3v) is 3.97. The Morgan fingerprint density at radius 3 is 3.05 bits per heavy atom. The molecule has 20 heavy (non-hydrogen) atoms. The number of H-pyrrole nitrogens is 1. The Kier molecular flexibility index (Phi) is 3.41. The van der Waals surface area contributed by atoms with E-state index in [2.05, 4.69) is 49.4 Å². The van der Waals surface area contributed by atoms with Crippen LogP contribution in [0.25, 0.3) is 11.0 Å². The number of hydrogen-bond acceptors (Lipinski definition) is 7. The highest BCUT2D eigenvalue weighted by Gasteiger charge is 2.25. The highest BCUT2D eigenvalue weighted by atomic mass is 15.4. The van der Waals surface area contributed by atoms with Crippen molar-refractivity contribution in [3.8, 4) is 0 Å². The highest BCUT2D eigenvalue weighted by Crippen LogP contribution is 2.26. The van der Waals surface area contributed by atoms with Gasteiger partial charge in [-0.25, -0.2) is 5.84 Å². The molecule has 0 saturated carbocycles. The third-order valence-electron chi connectivity index (χ3n) is 3.97. The van der Waals surface area contributed by atoms with Crippen LogP contribution < -0.4 is 16.2 Å². The van der Waals surface area contributed by atoms with E-state index < -0.39 is 0 Å². The fourth-order valence-electron chi connectivity index (χ4n) is 2.70. The molecule has 0 radical (unpaired) electrons. The van der Waals surface area contributed by atoms with Crippen molar-refractivity contribution in [3.05, 3.63) is 6.20 Å². The molecular formula is C12H20N8. The zero-order chi connectivity index (χ0) is 14.1. The molecule has 2 aromatic heterocycles. The lowest BCUT2D eigenvalue weighted by molar-refractivity contribution is 0.213. The molecule has 0 bridgehead atoms. The number of hydrazine groups is 1. The van der Waals surface area contributed by atoms with Crippen LogP contribution in [0.2, 0.25) is 0 Å². The van der Waals surface area contributed by atoms with E-state index in [1.165, 1.54) is 0 Å². The molecule has 1 atom stereocenters. The van der Waals surface area contributed by atoms with Gasteiger partial charge in [0.25, 0.3) is 0 Å². The second-order valence-corrected chi connectivity index (χ2v) is 5.14. The zero-order valence-corrected chi connectivity index (χ0v) is 11.8. The van der Waals surface area contributed by atoms with E-state index in [-0.39, 0.29) is 0 Å². The van der Waals surface area contributed by atoms with Gasteiger partial charge < -0.3 is 4.90 Å². The van der Waals surface area contributed by atoms with E-state index in [4.69, 9.17) is 5.84 Å². The summed E-state index contributed by atoms with van der Waals surface area (Å²) in [5, 5.41) is 7.86. The van der Waals surface area contributed by atoms with E-state index in [1.54, 1.807) is 6.20 Å². The van der Waals surface area contributed by atoms with E-state index in [1.807, 2.05) is 0 Å². The van der Waals surface area contributed by atoms with Gasteiger partial charge in [0, 0.05) is 25.7 Å². The monoisotopic (exact) mass is 276 g/mol. The Morgan fingerprint density at radius 1 is 1.45 bits per heavy atom. The van der Waals surface area contributed by atoms with E-state index >= 15 is 0 Å². The minimum Gasteiger partial charge on any atom is -0.353 e. The number of rotatable bonds is 3. The summed E-state index contributed by atoms with van der Waals surface area (Å²) >= 11 is 0. The molecule has 3 rings (SSSR count). The van der Waals surface area contributed by atoms with Gasteiger partial charge in [0.1, 0.15) is 5.82 Å². The second-order valence-electron chi connectivity index (χ2n) is 5.14. The van der Waals surface area contributed by atoms with Crippen LogP contribution in [0.15, 0.2) is 6.20 Å². The van der Waals surface area contributed by atoms with Crippen LogP contribution in [0.4, 0.5) is 11.8 Å². The molecule has 8 heteroatoms. The van der Waals surface area contributed by atoms with Crippen LogP contribution in [-0.2, 0) is 0 Å². The number of hydrogen-bond donors (Lipinski definition) is 3. The highest BCUT2D eigenvalue weighted by molar-refractivity contribution is 5.87. The Balaban J connectivity index is 1.98. The number of aromatic amines is 1. The fraction of sp³-hybridized carbons (Fsp3) is 0.583. The summed E-state index contributed by atoms with van der Waals surface area (Å²) in [4.78, 5) is 13.5. The molecule has 108 valence electrons. The molecule has 1 saturated heterocycles. The Hall–Kier alpha value is -1.93. The third kappa shape index (κ3) is 2.16. The van der Waals surface area contributed by atoms with Gasteiger partial charge >= 0.3 is 0 Å². The average molecular weight is 276 g/mol. The molecule has 3 heterocycles. The number of anilines is 2. The van der Waals surface area contributed by atoms with Gasteiger partial charge in [0.05, 0.1) is 11.6 Å². The van der Waals surface area contributed by atoms with Crippen molar-refractivity contribution in [2.45, 2.75) is 19.4 Å². The van der Waals surface area contributed by atoms with Gasteiger partial charge in [-0.1, -0.05) is 6.92 Å². The van der Waals surface area contributed by atoms with Gasteiger partial charge in [-0.2, -0.15) is 15.1 Å². The molecule has 1 unspecified atom stereocenters. The van der Waals surface area contributed by atoms with Crippen molar-refractivity contribution >= 4 is 22.8 Å². The van der Waals surface area contributed by atoms with Crippen molar-refractivity contribution < 1.29 is 0 Å². The van der Waals surface area contributed by atoms with Crippen molar-refractivity contribution in [1.82, 2.24) is 25.1 Å². The quantitative estimate of drug-likeness (QED) is 0.543. The first-order valence-corrected chi connectivity index (χ1v) is 6.85. The molecule has 0 aromatic carbocycles. The van der Waals surface area contributed by atoms with Crippen LogP contribution in [0.3, 0.4) is 0 Å². The largest absolute Gasteiger partial charge is 0.353 e. The number of aromatic nitrogens is 4. The SMILES string of the molecule is CCC1CN(c2nc(NN)nc3[nH]ncc23)CCN1C. The maximum atomic E-state index is 5.45. The Morgan fingerprint density at radius 2 is 2.30 bits per heavy atom. The first-order chi connectivity index (χ1) is 9.72. The molecule has 1 aliphatic heterocycles. The minimum absolute atomic E-state index is 0.406. The maximum absolute atomic E-state index is 5.45. The lowest BCUT2D eigenvalue weighted by Crippen LogP contribution is -2.51. The van der Waals surface area contributed by atoms with Crippen molar-refractivity contribution in [1.29, 1.82) is 0 Å². The molecule has 8 nitrogen and oxygen atoms in total. The summed E-state index contributed by atoms with van der Waals surface area (Å²) < 4.78 is 0. The number of nitrogens with two attached hydrogens (primary N) is 1. The lowest BCUT2D eigenvalue weighted by Gasteiger charge is -2.39. The average Bonchev–Trinajstić information content (AvgIpc) is 2.95. The molecule has 2 aromatic rings. The summed E-state index contributed by atoms with van der Waals surface area (Å²) in [5.74, 6) is 6.75. The molecule has 0 aliphatic carbocycles. The molecule has 0 amide bonds. The predicted octanol–water partition coefficient (Wildman–Crippen LogP) is 0.169. The zero-order valence-electron chi connectivity index (χ0n) is 11.8. The first-order valence-electron chi connectivity index (χ1n) is 6.85. The number of nitrogens with one attached hydrogen (secondary N) is 2. The van der Waals surface area contributed by atoms with Crippen LogP contribution >= 0.6 is 0 Å². The van der Waals surface area contributed by atoms with E-state index in [0.717, 1.165) is 37.3 Å². The maximum Gasteiger partial charge on any atom is 0.241 e. The van der Waals surface area contributed by atoms with Crippen LogP contribution in [0.1, 0.15) is 13.3 Å². The van der Waals surface area contributed by atoms with Crippen LogP contribution in [0, 0.1) is 0 Å². The van der Waals surface area contributed by atoms with Gasteiger partial charge in [0.2, 0.25) is 5.95 Å². The number of nitrogens with zero attached hydrogens (tertiary/aromatic N) is 5. The second kappa shape index (κ2) is 5.22. The molecule has 1 aliphatic rings. The minimum atomic E-state index is 0.406. The van der Waals surface area contributed by atoms with Crippen LogP contribution in [-0.4, -0.2) is 57.8 Å². The fourth-order valence-corrected chi connectivity index (χ4v) is 2.70. The summed E-state index contributed by atoms with van der Waals surface area (Å²) in [6.45, 7) is 5.13. The lowest BCUT2D eigenvalue weighted by atomic mass is 10.1. The van der Waals surface area contributed by atoms with Gasteiger partial charge in [-0.3, -0.25) is 15.4 Å². The van der Waals surface area contributed by atoms with Crippen molar-refractivity contribution in [2.75, 3.05) is 37.0 Å². The number of nitrogen functional groups attached to an aromatic ring is 1. The van der Waals surface area contributed by atoms with Gasteiger partial charge in [0.15, 0.2) is 5.65 Å². The first kappa shape index (κ1) is 13.1. The summed E-state index contributed by atoms with van der Waals surface area (Å²) in [5.41, 5.74) is 3.22. The predicted molar refractivity (Wildman–Crippen MR) is 78.4 cm³/mol. The smallest absolute Gasteiger partial charge is 0.241 e.